The zero-order chi connectivity index (χ0) is 18.7. The predicted molar refractivity (Wildman–Crippen MR) is 102 cm³/mol. The van der Waals surface area contributed by atoms with E-state index in [9.17, 15) is 9.59 Å². The molecule has 2 heterocycles. The van der Waals surface area contributed by atoms with Crippen molar-refractivity contribution in [2.75, 3.05) is 31.6 Å². The van der Waals surface area contributed by atoms with Gasteiger partial charge in [0.25, 0.3) is 5.91 Å². The number of nitrogens with zero attached hydrogens (tertiary/aromatic N) is 3. The lowest BCUT2D eigenvalue weighted by atomic mass is 10.2. The van der Waals surface area contributed by atoms with E-state index in [1.54, 1.807) is 37.5 Å². The molecule has 26 heavy (non-hydrogen) atoms. The first-order chi connectivity index (χ1) is 12.5. The molecule has 2 amide bonds. The number of benzene rings is 1. The van der Waals surface area contributed by atoms with Gasteiger partial charge in [-0.1, -0.05) is 35.3 Å². The monoisotopic (exact) mass is 392 g/mol. The fourth-order valence-corrected chi connectivity index (χ4v) is 3.17. The number of piperazine rings is 1. The summed E-state index contributed by atoms with van der Waals surface area (Å²) in [5.74, 6) is -0.266. The van der Waals surface area contributed by atoms with Gasteiger partial charge in [0.2, 0.25) is 5.91 Å². The first kappa shape index (κ1) is 18.5. The van der Waals surface area contributed by atoms with Crippen molar-refractivity contribution < 1.29 is 9.59 Å². The number of hydrogen-bond acceptors (Lipinski definition) is 4. The number of nitrogens with one attached hydrogen (secondary N) is 1. The van der Waals surface area contributed by atoms with Crippen LogP contribution in [0.25, 0.3) is 0 Å². The summed E-state index contributed by atoms with van der Waals surface area (Å²) in [6.45, 7) is 1.86. The lowest BCUT2D eigenvalue weighted by Crippen LogP contribution is -2.47. The number of pyridine rings is 1. The van der Waals surface area contributed by atoms with Gasteiger partial charge in [-0.25, -0.2) is 0 Å². The van der Waals surface area contributed by atoms with Gasteiger partial charge in [-0.3, -0.25) is 14.6 Å². The Kier molecular flexibility index (Phi) is 5.64. The Morgan fingerprint density at radius 2 is 2.15 bits per heavy atom. The summed E-state index contributed by atoms with van der Waals surface area (Å²) in [4.78, 5) is 31.9. The van der Waals surface area contributed by atoms with Gasteiger partial charge in [0.05, 0.1) is 16.6 Å². The zero-order valence-corrected chi connectivity index (χ0v) is 15.7. The van der Waals surface area contributed by atoms with Gasteiger partial charge in [-0.15, -0.1) is 0 Å². The van der Waals surface area contributed by atoms with Crippen molar-refractivity contribution in [1.29, 1.82) is 0 Å². The number of anilines is 1. The summed E-state index contributed by atoms with van der Waals surface area (Å²) in [5, 5.41) is 3.67. The van der Waals surface area contributed by atoms with Gasteiger partial charge in [0.1, 0.15) is 5.69 Å². The molecule has 8 heteroatoms. The maximum Gasteiger partial charge on any atom is 0.272 e. The normalized spacial score (nSPS) is 14.1. The van der Waals surface area contributed by atoms with Crippen LogP contribution < -0.4 is 10.2 Å². The molecule has 0 unspecified atom stereocenters. The average molecular weight is 393 g/mol. The van der Waals surface area contributed by atoms with Gasteiger partial charge < -0.3 is 15.1 Å². The largest absolute Gasteiger partial charge is 0.360 e. The van der Waals surface area contributed by atoms with Gasteiger partial charge in [0.15, 0.2) is 0 Å². The average Bonchev–Trinajstić information content (AvgIpc) is 2.65. The Labute approximate surface area is 161 Å². The lowest BCUT2D eigenvalue weighted by Gasteiger charge is -2.28. The van der Waals surface area contributed by atoms with E-state index in [0.717, 1.165) is 11.3 Å². The first-order valence-electron chi connectivity index (χ1n) is 8.12. The number of carbonyl (C=O) groups is 2. The molecule has 136 valence electrons. The Hall–Kier alpha value is -2.31. The van der Waals surface area contributed by atoms with Crippen LogP contribution in [0.2, 0.25) is 10.0 Å². The molecular formula is C18H18Cl2N4O2. The molecule has 0 aliphatic carbocycles. The highest BCUT2D eigenvalue weighted by molar-refractivity contribution is 6.42. The molecule has 1 fully saturated rings. The van der Waals surface area contributed by atoms with Crippen molar-refractivity contribution in [3.8, 4) is 0 Å². The van der Waals surface area contributed by atoms with Crippen LogP contribution in [0.3, 0.4) is 0 Å². The second-order valence-corrected chi connectivity index (χ2v) is 6.83. The SMILES string of the molecule is CN(Cc1cccc(Cl)c1Cl)C(=O)c1cc(N2CCNC(=O)C2)ccn1. The standard InChI is InChI=1S/C18H18Cl2N4O2/c1-23(10-12-3-2-4-14(19)17(12)20)18(26)15-9-13(5-6-21-15)24-8-7-22-16(25)11-24/h2-6,9H,7-8,10-11H2,1H3,(H,22,25). The molecule has 0 radical (unpaired) electrons. The third-order valence-corrected chi connectivity index (χ3v) is 5.01. The first-order valence-corrected chi connectivity index (χ1v) is 8.87. The Balaban J connectivity index is 1.75. The molecule has 0 bridgehead atoms. The van der Waals surface area contributed by atoms with Crippen molar-refractivity contribution in [3.05, 3.63) is 57.8 Å². The number of hydrogen-bond donors (Lipinski definition) is 1. The van der Waals surface area contributed by atoms with Crippen LogP contribution in [0, 0.1) is 0 Å². The van der Waals surface area contributed by atoms with Crippen molar-refractivity contribution >= 4 is 40.7 Å². The van der Waals surface area contributed by atoms with Crippen LogP contribution in [0.5, 0.6) is 0 Å². The van der Waals surface area contributed by atoms with Crippen LogP contribution in [0.4, 0.5) is 5.69 Å². The second kappa shape index (κ2) is 7.93. The highest BCUT2D eigenvalue weighted by Gasteiger charge is 2.20. The Morgan fingerprint density at radius 1 is 1.35 bits per heavy atom. The summed E-state index contributed by atoms with van der Waals surface area (Å²) < 4.78 is 0. The van der Waals surface area contributed by atoms with E-state index in [-0.39, 0.29) is 18.4 Å². The zero-order valence-electron chi connectivity index (χ0n) is 14.2. The Bertz CT molecular complexity index is 844. The number of rotatable bonds is 4. The minimum atomic E-state index is -0.232. The molecule has 6 nitrogen and oxygen atoms in total. The molecule has 0 saturated carbocycles. The van der Waals surface area contributed by atoms with Crippen LogP contribution in [-0.4, -0.2) is 48.4 Å². The molecule has 2 aromatic rings. The fraction of sp³-hybridized carbons (Fsp3) is 0.278. The van der Waals surface area contributed by atoms with Crippen molar-refractivity contribution in [3.63, 3.8) is 0 Å². The number of halogens is 2. The van der Waals surface area contributed by atoms with E-state index in [4.69, 9.17) is 23.2 Å². The quantitative estimate of drug-likeness (QED) is 0.868. The predicted octanol–water partition coefficient (Wildman–Crippen LogP) is 2.60. The second-order valence-electron chi connectivity index (χ2n) is 6.04. The summed E-state index contributed by atoms with van der Waals surface area (Å²) >= 11 is 12.2. The summed E-state index contributed by atoms with van der Waals surface area (Å²) in [6.07, 6.45) is 1.58. The lowest BCUT2D eigenvalue weighted by molar-refractivity contribution is -0.120. The molecule has 1 aromatic carbocycles. The molecule has 1 aliphatic heterocycles. The molecule has 1 N–H and O–H groups in total. The smallest absolute Gasteiger partial charge is 0.272 e. The molecule has 0 spiro atoms. The maximum absolute atomic E-state index is 12.7. The van der Waals surface area contributed by atoms with E-state index in [1.807, 2.05) is 11.0 Å². The molecule has 1 saturated heterocycles. The highest BCUT2D eigenvalue weighted by Crippen LogP contribution is 2.26. The van der Waals surface area contributed by atoms with Gasteiger partial charge in [-0.2, -0.15) is 0 Å². The van der Waals surface area contributed by atoms with Crippen LogP contribution in [-0.2, 0) is 11.3 Å². The van der Waals surface area contributed by atoms with E-state index < -0.39 is 0 Å². The van der Waals surface area contributed by atoms with E-state index >= 15 is 0 Å². The molecule has 0 atom stereocenters. The van der Waals surface area contributed by atoms with E-state index in [1.165, 1.54) is 4.90 Å². The molecule has 3 rings (SSSR count). The Morgan fingerprint density at radius 3 is 2.92 bits per heavy atom. The number of aromatic nitrogens is 1. The molecular weight excluding hydrogens is 375 g/mol. The summed E-state index contributed by atoms with van der Waals surface area (Å²) in [5.41, 5.74) is 1.88. The topological polar surface area (TPSA) is 65.5 Å². The van der Waals surface area contributed by atoms with E-state index in [2.05, 4.69) is 10.3 Å². The minimum absolute atomic E-state index is 0.0337. The van der Waals surface area contributed by atoms with Crippen LogP contribution >= 0.6 is 23.2 Å². The summed E-state index contributed by atoms with van der Waals surface area (Å²) in [6, 6.07) is 8.82. The minimum Gasteiger partial charge on any atom is -0.360 e. The van der Waals surface area contributed by atoms with Gasteiger partial charge in [-0.05, 0) is 23.8 Å². The molecule has 1 aromatic heterocycles. The van der Waals surface area contributed by atoms with Crippen molar-refractivity contribution in [1.82, 2.24) is 15.2 Å². The van der Waals surface area contributed by atoms with Crippen molar-refractivity contribution in [2.45, 2.75) is 6.54 Å². The summed E-state index contributed by atoms with van der Waals surface area (Å²) in [7, 11) is 1.68. The molecule has 1 aliphatic rings. The number of carbonyl (C=O) groups excluding carboxylic acids is 2. The maximum atomic E-state index is 12.7. The van der Waals surface area contributed by atoms with Crippen molar-refractivity contribution in [2.24, 2.45) is 0 Å². The number of amides is 2. The highest BCUT2D eigenvalue weighted by atomic mass is 35.5. The van der Waals surface area contributed by atoms with E-state index in [0.29, 0.717) is 35.4 Å². The van der Waals surface area contributed by atoms with Gasteiger partial charge in [0, 0.05) is 38.6 Å². The van der Waals surface area contributed by atoms with Crippen LogP contribution in [0.15, 0.2) is 36.5 Å². The van der Waals surface area contributed by atoms with Crippen LogP contribution in [0.1, 0.15) is 16.1 Å². The van der Waals surface area contributed by atoms with Gasteiger partial charge >= 0.3 is 0 Å². The third kappa shape index (κ3) is 4.08. The fourth-order valence-electron chi connectivity index (χ4n) is 2.79. The third-order valence-electron chi connectivity index (χ3n) is 4.15.